The highest BCUT2D eigenvalue weighted by molar-refractivity contribution is 5.83. The van der Waals surface area contributed by atoms with Crippen molar-refractivity contribution in [1.29, 1.82) is 0 Å². The Bertz CT molecular complexity index is 526. The molecule has 0 saturated carbocycles. The second-order valence-electron chi connectivity index (χ2n) is 4.12. The number of nitrogens with one attached hydrogen (secondary N) is 1. The average Bonchev–Trinajstić information content (AvgIpc) is 2.95. The van der Waals surface area contributed by atoms with E-state index in [0.29, 0.717) is 11.6 Å². The van der Waals surface area contributed by atoms with Gasteiger partial charge >= 0.3 is 0 Å². The van der Waals surface area contributed by atoms with E-state index in [1.807, 2.05) is 28.8 Å². The second-order valence-corrected chi connectivity index (χ2v) is 4.12. The van der Waals surface area contributed by atoms with E-state index in [9.17, 15) is 4.79 Å². The summed E-state index contributed by atoms with van der Waals surface area (Å²) in [6, 6.07) is 5.83. The summed E-state index contributed by atoms with van der Waals surface area (Å²) in [5, 5.41) is 3.32. The molecule has 1 atom stereocenters. The number of hydrogen-bond acceptors (Lipinski definition) is 3. The predicted molar refractivity (Wildman–Crippen MR) is 60.8 cm³/mol. The molecule has 0 amide bonds. The van der Waals surface area contributed by atoms with Crippen molar-refractivity contribution in [3.63, 3.8) is 0 Å². The molecule has 1 aliphatic heterocycles. The van der Waals surface area contributed by atoms with Gasteiger partial charge in [-0.05, 0) is 25.1 Å². The Hall–Kier alpha value is -1.68. The molecular formula is C12H13N3O. The number of aromatic nitrogens is 2. The molecule has 2 aromatic heterocycles. The summed E-state index contributed by atoms with van der Waals surface area (Å²) in [6.07, 6.45) is 3.90. The smallest absolute Gasteiger partial charge is 0.170 e. The molecule has 1 unspecified atom stereocenters. The molecule has 4 nitrogen and oxygen atoms in total. The summed E-state index contributed by atoms with van der Waals surface area (Å²) in [5.41, 5.74) is 1.45. The molecule has 1 aliphatic rings. The minimum Gasteiger partial charge on any atom is -0.316 e. The van der Waals surface area contributed by atoms with Crippen molar-refractivity contribution in [2.45, 2.75) is 12.3 Å². The maximum absolute atomic E-state index is 11.0. The number of carbonyl (C=O) groups excluding carboxylic acids is 1. The number of fused-ring (bicyclic) bond motifs is 1. The predicted octanol–water partition coefficient (Wildman–Crippen LogP) is 1.22. The van der Waals surface area contributed by atoms with Crippen LogP contribution in [-0.2, 0) is 0 Å². The van der Waals surface area contributed by atoms with Gasteiger partial charge in [0.25, 0.3) is 0 Å². The van der Waals surface area contributed by atoms with Crippen LogP contribution in [0.4, 0.5) is 0 Å². The van der Waals surface area contributed by atoms with Gasteiger partial charge < -0.3 is 9.72 Å². The third-order valence-corrected chi connectivity index (χ3v) is 3.14. The van der Waals surface area contributed by atoms with Crippen molar-refractivity contribution in [3.8, 4) is 0 Å². The first-order chi connectivity index (χ1) is 7.90. The number of aldehydes is 1. The molecule has 0 aromatic carbocycles. The number of nitrogens with zero attached hydrogens (tertiary/aromatic N) is 2. The van der Waals surface area contributed by atoms with Crippen LogP contribution in [0.2, 0.25) is 0 Å². The molecule has 1 fully saturated rings. The van der Waals surface area contributed by atoms with Crippen LogP contribution in [0.15, 0.2) is 24.4 Å². The maximum Gasteiger partial charge on any atom is 0.170 e. The summed E-state index contributed by atoms with van der Waals surface area (Å²) >= 11 is 0. The zero-order chi connectivity index (χ0) is 11.0. The van der Waals surface area contributed by atoms with E-state index in [0.717, 1.165) is 37.1 Å². The highest BCUT2D eigenvalue weighted by atomic mass is 16.1. The van der Waals surface area contributed by atoms with Gasteiger partial charge in [0, 0.05) is 18.7 Å². The lowest BCUT2D eigenvalue weighted by molar-refractivity contribution is 0.112. The van der Waals surface area contributed by atoms with E-state index in [-0.39, 0.29) is 0 Å². The van der Waals surface area contributed by atoms with Crippen molar-refractivity contribution in [2.24, 2.45) is 0 Å². The summed E-state index contributed by atoms with van der Waals surface area (Å²) in [7, 11) is 0. The Morgan fingerprint density at radius 2 is 2.44 bits per heavy atom. The molecule has 4 heteroatoms. The van der Waals surface area contributed by atoms with Gasteiger partial charge in [0.15, 0.2) is 6.29 Å². The van der Waals surface area contributed by atoms with Crippen LogP contribution in [0.1, 0.15) is 28.7 Å². The molecule has 16 heavy (non-hydrogen) atoms. The summed E-state index contributed by atoms with van der Waals surface area (Å²) < 4.78 is 2.03. The van der Waals surface area contributed by atoms with E-state index in [2.05, 4.69) is 10.3 Å². The van der Waals surface area contributed by atoms with Gasteiger partial charge in [-0.15, -0.1) is 0 Å². The molecule has 0 radical (unpaired) electrons. The number of pyridine rings is 1. The van der Waals surface area contributed by atoms with Gasteiger partial charge in [0.05, 0.1) is 5.52 Å². The summed E-state index contributed by atoms with van der Waals surface area (Å²) in [5.74, 6) is 1.42. The number of imidazole rings is 1. The first kappa shape index (κ1) is 9.54. The summed E-state index contributed by atoms with van der Waals surface area (Å²) in [4.78, 5) is 15.4. The van der Waals surface area contributed by atoms with Crippen molar-refractivity contribution in [3.05, 3.63) is 35.9 Å². The molecule has 1 saturated heterocycles. The van der Waals surface area contributed by atoms with E-state index in [1.54, 1.807) is 0 Å². The Balaban J connectivity index is 2.20. The van der Waals surface area contributed by atoms with Gasteiger partial charge in [-0.3, -0.25) is 4.79 Å². The molecule has 3 rings (SSSR count). The lowest BCUT2D eigenvalue weighted by atomic mass is 10.1. The largest absolute Gasteiger partial charge is 0.316 e. The molecule has 2 aromatic rings. The Morgan fingerprint density at radius 3 is 3.19 bits per heavy atom. The lowest BCUT2D eigenvalue weighted by Gasteiger charge is -2.06. The van der Waals surface area contributed by atoms with Gasteiger partial charge in [-0.25, -0.2) is 4.98 Å². The summed E-state index contributed by atoms with van der Waals surface area (Å²) in [6.45, 7) is 1.98. The quantitative estimate of drug-likeness (QED) is 0.766. The van der Waals surface area contributed by atoms with E-state index in [4.69, 9.17) is 0 Å². The van der Waals surface area contributed by atoms with Gasteiger partial charge in [0.1, 0.15) is 11.5 Å². The third-order valence-electron chi connectivity index (χ3n) is 3.14. The van der Waals surface area contributed by atoms with Gasteiger partial charge in [0.2, 0.25) is 0 Å². The SMILES string of the molecule is O=Cc1nc(C2CCNC2)n2ccccc12. The zero-order valence-corrected chi connectivity index (χ0v) is 8.89. The van der Waals surface area contributed by atoms with E-state index in [1.165, 1.54) is 0 Å². The first-order valence-corrected chi connectivity index (χ1v) is 5.53. The van der Waals surface area contributed by atoms with Crippen LogP contribution in [0.5, 0.6) is 0 Å². The monoisotopic (exact) mass is 215 g/mol. The molecule has 3 heterocycles. The molecule has 1 N–H and O–H groups in total. The minimum absolute atomic E-state index is 0.420. The highest BCUT2D eigenvalue weighted by Crippen LogP contribution is 2.23. The van der Waals surface area contributed by atoms with Crippen LogP contribution in [0, 0.1) is 0 Å². The fourth-order valence-corrected chi connectivity index (χ4v) is 2.34. The maximum atomic E-state index is 11.0. The fourth-order valence-electron chi connectivity index (χ4n) is 2.34. The Kier molecular flexibility index (Phi) is 2.22. The number of hydrogen-bond donors (Lipinski definition) is 1. The molecule has 82 valence electrons. The van der Waals surface area contributed by atoms with E-state index >= 15 is 0 Å². The number of carbonyl (C=O) groups is 1. The third kappa shape index (κ3) is 1.34. The van der Waals surface area contributed by atoms with Crippen LogP contribution in [0.25, 0.3) is 5.52 Å². The van der Waals surface area contributed by atoms with Crippen LogP contribution in [-0.4, -0.2) is 28.8 Å². The molecule has 0 spiro atoms. The van der Waals surface area contributed by atoms with Gasteiger partial charge in [-0.2, -0.15) is 0 Å². The zero-order valence-electron chi connectivity index (χ0n) is 8.89. The average molecular weight is 215 g/mol. The molecule has 0 aliphatic carbocycles. The highest BCUT2D eigenvalue weighted by Gasteiger charge is 2.22. The second kappa shape index (κ2) is 3.72. The standard InChI is InChI=1S/C12H13N3O/c16-8-10-11-3-1-2-6-15(11)12(14-10)9-4-5-13-7-9/h1-3,6,8-9,13H,4-5,7H2. The van der Waals surface area contributed by atoms with Crippen LogP contribution in [0.3, 0.4) is 0 Å². The first-order valence-electron chi connectivity index (χ1n) is 5.53. The van der Waals surface area contributed by atoms with Crippen molar-refractivity contribution < 1.29 is 4.79 Å². The van der Waals surface area contributed by atoms with Crippen molar-refractivity contribution in [2.75, 3.05) is 13.1 Å². The van der Waals surface area contributed by atoms with Crippen molar-refractivity contribution >= 4 is 11.8 Å². The Morgan fingerprint density at radius 1 is 1.50 bits per heavy atom. The van der Waals surface area contributed by atoms with Crippen molar-refractivity contribution in [1.82, 2.24) is 14.7 Å². The van der Waals surface area contributed by atoms with Gasteiger partial charge in [-0.1, -0.05) is 6.07 Å². The normalized spacial score (nSPS) is 20.4. The minimum atomic E-state index is 0.420. The van der Waals surface area contributed by atoms with Crippen LogP contribution >= 0.6 is 0 Å². The Labute approximate surface area is 93.3 Å². The molecular weight excluding hydrogens is 202 g/mol. The lowest BCUT2D eigenvalue weighted by Crippen LogP contribution is -2.10. The fraction of sp³-hybridized carbons (Fsp3) is 0.333. The number of rotatable bonds is 2. The topological polar surface area (TPSA) is 46.4 Å². The van der Waals surface area contributed by atoms with E-state index < -0.39 is 0 Å². The molecule has 0 bridgehead atoms. The van der Waals surface area contributed by atoms with Crippen LogP contribution < -0.4 is 5.32 Å².